The Labute approximate surface area is 72.5 Å². The van der Waals surface area contributed by atoms with Gasteiger partial charge in [0.15, 0.2) is 0 Å². The van der Waals surface area contributed by atoms with Crippen molar-refractivity contribution in [1.29, 1.82) is 0 Å². The fourth-order valence-electron chi connectivity index (χ4n) is 1.00. The molecule has 6 heteroatoms. The maximum absolute atomic E-state index is 10.1. The molecule has 0 aromatic rings. The van der Waals surface area contributed by atoms with Gasteiger partial charge in [-0.1, -0.05) is 0 Å². The monoisotopic (exact) mass is 191 g/mol. The molecule has 0 heterocycles. The predicted octanol–water partition coefficient (Wildman–Crippen LogP) is 0.00390. The van der Waals surface area contributed by atoms with E-state index >= 15 is 0 Å². The van der Waals surface area contributed by atoms with Gasteiger partial charge in [0, 0.05) is 17.3 Å². The van der Waals surface area contributed by atoms with E-state index < -0.39 is 11.3 Å². The Bertz CT molecular complexity index is 209. The molecular formula is C5H7N2O2S2-. The van der Waals surface area contributed by atoms with Crippen molar-refractivity contribution in [3.8, 4) is 0 Å². The molecule has 4 nitrogen and oxygen atoms in total. The maximum Gasteiger partial charge on any atom is 0.0633 e. The van der Waals surface area contributed by atoms with Crippen LogP contribution in [0.1, 0.15) is 12.8 Å². The molecule has 0 radical (unpaired) electrons. The normalized spacial score (nSPS) is 31.7. The summed E-state index contributed by atoms with van der Waals surface area (Å²) < 4.78 is 22.5. The Morgan fingerprint density at radius 1 is 1.73 bits per heavy atom. The molecule has 0 aromatic carbocycles. The van der Waals surface area contributed by atoms with Crippen LogP contribution in [0.15, 0.2) is 4.99 Å². The third kappa shape index (κ3) is 2.76. The van der Waals surface area contributed by atoms with Crippen molar-refractivity contribution in [2.24, 2.45) is 4.99 Å². The molecule has 1 rings (SSSR count). The van der Waals surface area contributed by atoms with Crippen LogP contribution in [0.5, 0.6) is 0 Å². The number of aliphatic imine (C=N–C) groups is 1. The summed E-state index contributed by atoms with van der Waals surface area (Å²) in [5.41, 5.74) is 0. The Morgan fingerprint density at radius 2 is 2.36 bits per heavy atom. The van der Waals surface area contributed by atoms with Crippen molar-refractivity contribution in [2.45, 2.75) is 24.9 Å². The molecule has 1 aliphatic rings. The molecule has 0 saturated heterocycles. The van der Waals surface area contributed by atoms with Gasteiger partial charge in [0.2, 0.25) is 0 Å². The molecular weight excluding hydrogens is 184 g/mol. The van der Waals surface area contributed by atoms with Crippen LogP contribution < -0.4 is 4.72 Å². The highest BCUT2D eigenvalue weighted by Gasteiger charge is 2.28. The molecule has 0 aliphatic heterocycles. The fourth-order valence-corrected chi connectivity index (χ4v) is 1.61. The van der Waals surface area contributed by atoms with Crippen molar-refractivity contribution in [3.63, 3.8) is 0 Å². The minimum atomic E-state index is -2.15. The van der Waals surface area contributed by atoms with Crippen LogP contribution in [0.4, 0.5) is 0 Å². The lowest BCUT2D eigenvalue weighted by atomic mass is 9.88. The largest absolute Gasteiger partial charge is 0.760 e. The first-order valence-corrected chi connectivity index (χ1v) is 4.63. The van der Waals surface area contributed by atoms with Crippen molar-refractivity contribution in [2.75, 3.05) is 0 Å². The van der Waals surface area contributed by atoms with Crippen LogP contribution in [0.2, 0.25) is 0 Å². The second-order valence-electron chi connectivity index (χ2n) is 2.40. The second kappa shape index (κ2) is 4.04. The predicted molar refractivity (Wildman–Crippen MR) is 43.9 cm³/mol. The van der Waals surface area contributed by atoms with E-state index in [4.69, 9.17) is 0 Å². The summed E-state index contributed by atoms with van der Waals surface area (Å²) in [5, 5.41) is 2.27. The molecule has 1 aliphatic carbocycles. The first-order valence-electron chi connectivity index (χ1n) is 3.15. The SMILES string of the molecule is O=S([O-])NC1CC(N=C=S)C1. The van der Waals surface area contributed by atoms with Crippen LogP contribution >= 0.6 is 12.2 Å². The number of hydrogen-bond acceptors (Lipinski definition) is 4. The Morgan fingerprint density at radius 3 is 2.82 bits per heavy atom. The molecule has 0 spiro atoms. The molecule has 1 saturated carbocycles. The maximum atomic E-state index is 10.1. The van der Waals surface area contributed by atoms with Crippen LogP contribution in [0.3, 0.4) is 0 Å². The Balaban J connectivity index is 2.19. The molecule has 0 amide bonds. The van der Waals surface area contributed by atoms with Crippen LogP contribution in [-0.4, -0.2) is 26.0 Å². The molecule has 1 fully saturated rings. The molecule has 0 aromatic heterocycles. The number of hydrogen-bond donors (Lipinski definition) is 1. The van der Waals surface area contributed by atoms with Gasteiger partial charge in [0.1, 0.15) is 0 Å². The van der Waals surface area contributed by atoms with E-state index in [-0.39, 0.29) is 12.1 Å². The minimum Gasteiger partial charge on any atom is -0.760 e. The van der Waals surface area contributed by atoms with Crippen molar-refractivity contribution >= 4 is 28.6 Å². The number of nitrogens with one attached hydrogen (secondary N) is 1. The van der Waals surface area contributed by atoms with Crippen LogP contribution in [0.25, 0.3) is 0 Å². The molecule has 0 bridgehead atoms. The van der Waals surface area contributed by atoms with E-state index in [0.29, 0.717) is 0 Å². The quantitative estimate of drug-likeness (QED) is 0.388. The van der Waals surface area contributed by atoms with E-state index in [0.717, 1.165) is 12.8 Å². The highest BCUT2D eigenvalue weighted by atomic mass is 32.2. The van der Waals surface area contributed by atoms with Gasteiger partial charge in [-0.05, 0) is 25.1 Å². The highest BCUT2D eigenvalue weighted by molar-refractivity contribution is 7.78. The number of nitrogens with zero attached hydrogens (tertiary/aromatic N) is 1. The average Bonchev–Trinajstić information content (AvgIpc) is 1.82. The van der Waals surface area contributed by atoms with Crippen molar-refractivity contribution in [3.05, 3.63) is 0 Å². The van der Waals surface area contributed by atoms with Gasteiger partial charge >= 0.3 is 0 Å². The number of isothiocyanates is 1. The van der Waals surface area contributed by atoms with Gasteiger partial charge in [-0.15, -0.1) is 0 Å². The van der Waals surface area contributed by atoms with Crippen molar-refractivity contribution in [1.82, 2.24) is 4.72 Å². The summed E-state index contributed by atoms with van der Waals surface area (Å²) in [5.74, 6) is 0. The summed E-state index contributed by atoms with van der Waals surface area (Å²) in [6, 6.07) is 0.221. The van der Waals surface area contributed by atoms with Gasteiger partial charge in [0.05, 0.1) is 11.2 Å². The van der Waals surface area contributed by atoms with E-state index in [2.05, 4.69) is 27.1 Å². The summed E-state index contributed by atoms with van der Waals surface area (Å²) in [6.45, 7) is 0. The van der Waals surface area contributed by atoms with Gasteiger partial charge < -0.3 is 4.55 Å². The summed E-state index contributed by atoms with van der Waals surface area (Å²) in [6.07, 6.45) is 1.47. The zero-order valence-electron chi connectivity index (χ0n) is 5.65. The zero-order chi connectivity index (χ0) is 8.27. The van der Waals surface area contributed by atoms with E-state index in [1.54, 1.807) is 0 Å². The molecule has 1 atom stereocenters. The lowest BCUT2D eigenvalue weighted by Gasteiger charge is -2.32. The highest BCUT2D eigenvalue weighted by Crippen LogP contribution is 2.22. The molecule has 1 unspecified atom stereocenters. The minimum absolute atomic E-state index is 0.0467. The van der Waals surface area contributed by atoms with E-state index in [1.165, 1.54) is 0 Å². The summed E-state index contributed by atoms with van der Waals surface area (Å²) in [4.78, 5) is 3.81. The smallest absolute Gasteiger partial charge is 0.0633 e. The fraction of sp³-hybridized carbons (Fsp3) is 0.800. The van der Waals surface area contributed by atoms with Crippen LogP contribution in [0, 0.1) is 0 Å². The van der Waals surface area contributed by atoms with Gasteiger partial charge in [-0.25, -0.2) is 9.71 Å². The summed E-state index contributed by atoms with van der Waals surface area (Å²) >= 11 is 2.24. The summed E-state index contributed by atoms with van der Waals surface area (Å²) in [7, 11) is 0. The molecule has 11 heavy (non-hydrogen) atoms. The molecule has 1 N–H and O–H groups in total. The van der Waals surface area contributed by atoms with Gasteiger partial charge in [-0.3, -0.25) is 4.21 Å². The average molecular weight is 191 g/mol. The van der Waals surface area contributed by atoms with Crippen molar-refractivity contribution < 1.29 is 8.76 Å². The molecule has 62 valence electrons. The van der Waals surface area contributed by atoms with Gasteiger partial charge in [-0.2, -0.15) is 0 Å². The Hall–Kier alpha value is -0.130. The first-order chi connectivity index (χ1) is 5.22. The lowest BCUT2D eigenvalue weighted by Crippen LogP contribution is -2.43. The topological polar surface area (TPSA) is 64.5 Å². The number of thiocarbonyl (C=S) groups is 1. The third-order valence-corrected chi connectivity index (χ3v) is 2.24. The Kier molecular flexibility index (Phi) is 3.29. The first kappa shape index (κ1) is 8.96. The lowest BCUT2D eigenvalue weighted by molar-refractivity contribution is 0.327. The second-order valence-corrected chi connectivity index (χ2v) is 3.28. The van der Waals surface area contributed by atoms with Crippen LogP contribution in [-0.2, 0) is 11.3 Å². The van der Waals surface area contributed by atoms with E-state index in [9.17, 15) is 8.76 Å². The van der Waals surface area contributed by atoms with E-state index in [1.807, 2.05) is 0 Å². The van der Waals surface area contributed by atoms with Gasteiger partial charge in [0.25, 0.3) is 0 Å². The zero-order valence-corrected chi connectivity index (χ0v) is 7.28. The number of rotatable bonds is 3. The third-order valence-electron chi connectivity index (χ3n) is 1.61. The standard InChI is InChI=1S/C5H8N2O2S2/c8-11(9)7-5-1-4(2-5)6-3-10/h4-5,7H,1-2H2,(H,8,9)/p-1.